The van der Waals surface area contributed by atoms with Crippen molar-refractivity contribution in [1.82, 2.24) is 10.2 Å². The van der Waals surface area contributed by atoms with Gasteiger partial charge in [-0.25, -0.2) is 0 Å². The van der Waals surface area contributed by atoms with E-state index in [2.05, 4.69) is 52.0 Å². The largest absolute Gasteiger partial charge is 0.312 e. The number of nitrogens with zero attached hydrogens (tertiary/aromatic N) is 1. The van der Waals surface area contributed by atoms with Crippen molar-refractivity contribution in [3.05, 3.63) is 0 Å². The molecule has 0 bridgehead atoms. The van der Waals surface area contributed by atoms with Crippen molar-refractivity contribution in [1.29, 1.82) is 0 Å². The van der Waals surface area contributed by atoms with Crippen LogP contribution >= 0.6 is 0 Å². The van der Waals surface area contributed by atoms with E-state index in [1.807, 2.05) is 0 Å². The molecule has 0 aromatic heterocycles. The minimum Gasteiger partial charge on any atom is -0.312 e. The van der Waals surface area contributed by atoms with Crippen molar-refractivity contribution in [2.45, 2.75) is 77.8 Å². The molecule has 1 aliphatic rings. The topological polar surface area (TPSA) is 15.3 Å². The molecule has 2 nitrogen and oxygen atoms in total. The molecule has 114 valence electrons. The zero-order chi connectivity index (χ0) is 14.5. The van der Waals surface area contributed by atoms with E-state index >= 15 is 0 Å². The van der Waals surface area contributed by atoms with Crippen LogP contribution < -0.4 is 5.32 Å². The first kappa shape index (κ1) is 17.0. The average Bonchev–Trinajstić information content (AvgIpc) is 2.40. The van der Waals surface area contributed by atoms with Gasteiger partial charge in [0, 0.05) is 11.6 Å². The fraction of sp³-hybridized carbons (Fsp3) is 1.00. The Kier molecular flexibility index (Phi) is 6.82. The summed E-state index contributed by atoms with van der Waals surface area (Å²) >= 11 is 0. The van der Waals surface area contributed by atoms with E-state index in [0.29, 0.717) is 11.6 Å². The molecular weight excluding hydrogens is 232 g/mol. The van der Waals surface area contributed by atoms with Crippen LogP contribution in [0.5, 0.6) is 0 Å². The Morgan fingerprint density at radius 2 is 1.63 bits per heavy atom. The third-order valence-corrected chi connectivity index (χ3v) is 5.55. The first-order valence-corrected chi connectivity index (χ1v) is 8.42. The molecule has 1 aliphatic carbocycles. The zero-order valence-corrected chi connectivity index (χ0v) is 14.1. The van der Waals surface area contributed by atoms with Gasteiger partial charge in [-0.2, -0.15) is 0 Å². The Morgan fingerprint density at radius 1 is 1.11 bits per heavy atom. The van der Waals surface area contributed by atoms with Gasteiger partial charge in [-0.1, -0.05) is 40.5 Å². The van der Waals surface area contributed by atoms with Crippen LogP contribution in [0.25, 0.3) is 0 Å². The molecule has 1 rings (SSSR count). The van der Waals surface area contributed by atoms with Crippen LogP contribution in [-0.2, 0) is 0 Å². The van der Waals surface area contributed by atoms with Crippen LogP contribution in [0.3, 0.4) is 0 Å². The van der Waals surface area contributed by atoms with Crippen molar-refractivity contribution >= 4 is 0 Å². The summed E-state index contributed by atoms with van der Waals surface area (Å²) in [5.41, 5.74) is 0.374. The van der Waals surface area contributed by atoms with Crippen molar-refractivity contribution in [3.8, 4) is 0 Å². The van der Waals surface area contributed by atoms with Gasteiger partial charge in [0.25, 0.3) is 0 Å². The molecule has 0 aromatic carbocycles. The number of likely N-dealkylation sites (N-methyl/N-ethyl adjacent to an activating group) is 2. The molecule has 2 heteroatoms. The van der Waals surface area contributed by atoms with E-state index in [1.54, 1.807) is 0 Å². The number of nitrogens with one attached hydrogen (secondary N) is 1. The fourth-order valence-corrected chi connectivity index (χ4v) is 4.07. The summed E-state index contributed by atoms with van der Waals surface area (Å²) in [7, 11) is 4.59. The summed E-state index contributed by atoms with van der Waals surface area (Å²) < 4.78 is 0. The monoisotopic (exact) mass is 268 g/mol. The quantitative estimate of drug-likeness (QED) is 0.753. The van der Waals surface area contributed by atoms with Gasteiger partial charge in [-0.3, -0.25) is 0 Å². The molecule has 1 fully saturated rings. The molecule has 0 aliphatic heterocycles. The van der Waals surface area contributed by atoms with Crippen molar-refractivity contribution in [2.75, 3.05) is 20.6 Å². The number of hydrogen-bond acceptors (Lipinski definition) is 2. The van der Waals surface area contributed by atoms with Crippen LogP contribution in [-0.4, -0.2) is 37.1 Å². The van der Waals surface area contributed by atoms with Gasteiger partial charge >= 0.3 is 0 Å². The standard InChI is InChI=1S/C17H36N2/c1-7-15(8-2)16(18-9-3)17(19(5)6)12-10-14(4)11-13-17/h14-16,18H,7-13H2,1-6H3. The van der Waals surface area contributed by atoms with E-state index in [0.717, 1.165) is 18.4 Å². The second-order valence-corrected chi connectivity index (χ2v) is 6.79. The Labute approximate surface area is 121 Å². The third-order valence-electron chi connectivity index (χ3n) is 5.55. The lowest BCUT2D eigenvalue weighted by atomic mass is 9.68. The summed E-state index contributed by atoms with van der Waals surface area (Å²) in [6.07, 6.45) is 8.07. The Balaban J connectivity index is 2.98. The SMILES string of the molecule is CCNC(C(CC)CC)C1(N(C)C)CCC(C)CC1. The molecule has 0 aromatic rings. The highest BCUT2D eigenvalue weighted by Crippen LogP contribution is 2.41. The van der Waals surface area contributed by atoms with Gasteiger partial charge in [-0.15, -0.1) is 0 Å². The first-order chi connectivity index (χ1) is 9.01. The summed E-state index contributed by atoms with van der Waals surface area (Å²) in [6, 6.07) is 0.648. The summed E-state index contributed by atoms with van der Waals surface area (Å²) in [6.45, 7) is 10.5. The van der Waals surface area contributed by atoms with Crippen LogP contribution in [0.1, 0.15) is 66.2 Å². The fourth-order valence-electron chi connectivity index (χ4n) is 4.07. The summed E-state index contributed by atoms with van der Waals surface area (Å²) in [4.78, 5) is 2.53. The molecule has 19 heavy (non-hydrogen) atoms. The maximum Gasteiger partial charge on any atom is 0.0359 e. The lowest BCUT2D eigenvalue weighted by molar-refractivity contribution is 0.0198. The zero-order valence-electron chi connectivity index (χ0n) is 14.1. The van der Waals surface area contributed by atoms with Gasteiger partial charge in [0.05, 0.1) is 0 Å². The number of rotatable bonds is 7. The smallest absolute Gasteiger partial charge is 0.0359 e. The average molecular weight is 268 g/mol. The molecule has 0 saturated heterocycles. The molecule has 0 spiro atoms. The first-order valence-electron chi connectivity index (χ1n) is 8.42. The minimum absolute atomic E-state index is 0.374. The minimum atomic E-state index is 0.374. The van der Waals surface area contributed by atoms with Crippen LogP contribution in [0.2, 0.25) is 0 Å². The summed E-state index contributed by atoms with van der Waals surface area (Å²) in [5, 5.41) is 3.85. The van der Waals surface area contributed by atoms with Gasteiger partial charge in [0.2, 0.25) is 0 Å². The molecule has 1 N–H and O–H groups in total. The predicted octanol–water partition coefficient (Wildman–Crippen LogP) is 3.91. The molecular formula is C17H36N2. The molecule has 1 atom stereocenters. The van der Waals surface area contributed by atoms with E-state index in [-0.39, 0.29) is 0 Å². The van der Waals surface area contributed by atoms with Crippen molar-refractivity contribution < 1.29 is 0 Å². The van der Waals surface area contributed by atoms with Crippen LogP contribution in [0.4, 0.5) is 0 Å². The Morgan fingerprint density at radius 3 is 2.00 bits per heavy atom. The highest BCUT2D eigenvalue weighted by molar-refractivity contribution is 5.03. The normalized spacial score (nSPS) is 30.0. The van der Waals surface area contributed by atoms with Crippen molar-refractivity contribution in [2.24, 2.45) is 11.8 Å². The summed E-state index contributed by atoms with van der Waals surface area (Å²) in [5.74, 6) is 1.72. The molecule has 1 saturated carbocycles. The molecule has 1 unspecified atom stereocenters. The molecule has 0 heterocycles. The van der Waals surface area contributed by atoms with E-state index in [1.165, 1.54) is 38.5 Å². The number of hydrogen-bond donors (Lipinski definition) is 1. The second kappa shape index (κ2) is 7.64. The molecule has 0 amide bonds. The maximum atomic E-state index is 3.85. The van der Waals surface area contributed by atoms with Crippen LogP contribution in [0.15, 0.2) is 0 Å². The lowest BCUT2D eigenvalue weighted by Crippen LogP contribution is -2.63. The van der Waals surface area contributed by atoms with E-state index in [4.69, 9.17) is 0 Å². The molecule has 0 radical (unpaired) electrons. The van der Waals surface area contributed by atoms with Crippen LogP contribution in [0, 0.1) is 11.8 Å². The van der Waals surface area contributed by atoms with Gasteiger partial charge in [0.1, 0.15) is 0 Å². The maximum absolute atomic E-state index is 3.85. The van der Waals surface area contributed by atoms with Gasteiger partial charge in [-0.05, 0) is 58.2 Å². The van der Waals surface area contributed by atoms with E-state index < -0.39 is 0 Å². The predicted molar refractivity (Wildman–Crippen MR) is 85.6 cm³/mol. The third kappa shape index (κ3) is 3.72. The van der Waals surface area contributed by atoms with Crippen molar-refractivity contribution in [3.63, 3.8) is 0 Å². The second-order valence-electron chi connectivity index (χ2n) is 6.79. The van der Waals surface area contributed by atoms with Gasteiger partial charge < -0.3 is 10.2 Å². The van der Waals surface area contributed by atoms with Gasteiger partial charge in [0.15, 0.2) is 0 Å². The highest BCUT2D eigenvalue weighted by Gasteiger charge is 2.44. The lowest BCUT2D eigenvalue weighted by Gasteiger charge is -2.52. The Bertz CT molecular complexity index is 238. The highest BCUT2D eigenvalue weighted by atomic mass is 15.2. The Hall–Kier alpha value is -0.0800. The van der Waals surface area contributed by atoms with E-state index in [9.17, 15) is 0 Å².